The van der Waals surface area contributed by atoms with Crippen LogP contribution in [0.1, 0.15) is 52.4 Å². The summed E-state index contributed by atoms with van der Waals surface area (Å²) in [5, 5.41) is 0. The maximum absolute atomic E-state index is 11.7. The molecule has 4 heteroatoms. The first kappa shape index (κ1) is 12.5. The first-order valence-electron chi connectivity index (χ1n) is 5.49. The number of esters is 1. The van der Waals surface area contributed by atoms with Crippen LogP contribution in [0.3, 0.4) is 0 Å². The average molecular weight is 223 g/mol. The smallest absolute Gasteiger partial charge is 0.340 e. The molecule has 88 valence electrons. The van der Waals surface area contributed by atoms with Gasteiger partial charge in [-0.05, 0) is 25.8 Å². The molecule has 0 bridgehead atoms. The highest BCUT2D eigenvalue weighted by molar-refractivity contribution is 5.95. The number of aromatic nitrogens is 1. The van der Waals surface area contributed by atoms with Crippen molar-refractivity contribution in [2.24, 2.45) is 0 Å². The van der Waals surface area contributed by atoms with Crippen LogP contribution in [-0.4, -0.2) is 23.8 Å². The van der Waals surface area contributed by atoms with Crippen molar-refractivity contribution in [1.82, 2.24) is 4.98 Å². The van der Waals surface area contributed by atoms with E-state index in [1.165, 1.54) is 0 Å². The van der Waals surface area contributed by atoms with Crippen molar-refractivity contribution in [2.45, 2.75) is 33.6 Å². The number of carbonyl (C=O) groups excluding carboxylic acids is 2. The fourth-order valence-corrected chi connectivity index (χ4v) is 1.79. The number of aldehydes is 1. The number of aromatic amines is 1. The van der Waals surface area contributed by atoms with Gasteiger partial charge in [-0.15, -0.1) is 0 Å². The summed E-state index contributed by atoms with van der Waals surface area (Å²) in [7, 11) is 0. The normalized spacial score (nSPS) is 10.2. The molecular formula is C12H17NO3. The van der Waals surface area contributed by atoms with Gasteiger partial charge in [-0.3, -0.25) is 4.79 Å². The van der Waals surface area contributed by atoms with Crippen molar-refractivity contribution in [2.75, 3.05) is 6.61 Å². The topological polar surface area (TPSA) is 59.2 Å². The van der Waals surface area contributed by atoms with Crippen LogP contribution in [0, 0.1) is 6.92 Å². The second-order valence-electron chi connectivity index (χ2n) is 3.61. The van der Waals surface area contributed by atoms with Crippen LogP contribution in [0.25, 0.3) is 0 Å². The Kier molecular flexibility index (Phi) is 4.28. The lowest BCUT2D eigenvalue weighted by atomic mass is 10.0. The predicted octanol–water partition coefficient (Wildman–Crippen LogP) is 2.26. The summed E-state index contributed by atoms with van der Waals surface area (Å²) in [5.74, 6) is -0.354. The quantitative estimate of drug-likeness (QED) is 0.615. The largest absolute Gasteiger partial charge is 0.462 e. The van der Waals surface area contributed by atoms with Gasteiger partial charge in [0.25, 0.3) is 0 Å². The van der Waals surface area contributed by atoms with Crippen molar-refractivity contribution in [3.05, 3.63) is 22.5 Å². The summed E-state index contributed by atoms with van der Waals surface area (Å²) in [6.45, 7) is 5.88. The molecule has 0 fully saturated rings. The molecule has 0 amide bonds. The number of hydrogen-bond acceptors (Lipinski definition) is 3. The van der Waals surface area contributed by atoms with E-state index < -0.39 is 0 Å². The van der Waals surface area contributed by atoms with Gasteiger partial charge < -0.3 is 9.72 Å². The Labute approximate surface area is 95.0 Å². The van der Waals surface area contributed by atoms with Gasteiger partial charge in [0.2, 0.25) is 0 Å². The predicted molar refractivity (Wildman–Crippen MR) is 60.9 cm³/mol. The maximum Gasteiger partial charge on any atom is 0.340 e. The Morgan fingerprint density at radius 1 is 1.44 bits per heavy atom. The minimum absolute atomic E-state index is 0.339. The van der Waals surface area contributed by atoms with E-state index in [2.05, 4.69) is 4.98 Å². The molecule has 0 atom stereocenters. The molecule has 16 heavy (non-hydrogen) atoms. The van der Waals surface area contributed by atoms with Gasteiger partial charge in [0.1, 0.15) is 0 Å². The fraction of sp³-hybridized carbons (Fsp3) is 0.500. The summed E-state index contributed by atoms with van der Waals surface area (Å²) in [6.07, 6.45) is 2.33. The van der Waals surface area contributed by atoms with Crippen LogP contribution >= 0.6 is 0 Å². The number of rotatable bonds is 5. The molecule has 0 aliphatic carbocycles. The van der Waals surface area contributed by atoms with Crippen molar-refractivity contribution >= 4 is 12.3 Å². The monoisotopic (exact) mass is 223 g/mol. The third kappa shape index (κ3) is 2.32. The van der Waals surface area contributed by atoms with Gasteiger partial charge in [0.15, 0.2) is 6.29 Å². The molecule has 0 saturated heterocycles. The van der Waals surface area contributed by atoms with Gasteiger partial charge in [-0.2, -0.15) is 0 Å². The number of nitrogens with one attached hydrogen (secondary N) is 1. The molecule has 1 rings (SSSR count). The number of aryl methyl sites for hydroxylation is 1. The Hall–Kier alpha value is -1.58. The standard InChI is InChI=1S/C12H17NO3/c1-4-6-9-10(7-14)13-8(3)11(9)12(15)16-5-2/h7,13H,4-6H2,1-3H3. The molecule has 0 saturated carbocycles. The highest BCUT2D eigenvalue weighted by Crippen LogP contribution is 2.20. The second kappa shape index (κ2) is 5.49. The van der Waals surface area contributed by atoms with Crippen LogP contribution in [0.4, 0.5) is 0 Å². The molecule has 0 radical (unpaired) electrons. The number of carbonyl (C=O) groups is 2. The van der Waals surface area contributed by atoms with E-state index in [0.29, 0.717) is 30.0 Å². The van der Waals surface area contributed by atoms with E-state index in [4.69, 9.17) is 4.74 Å². The van der Waals surface area contributed by atoms with Crippen molar-refractivity contribution < 1.29 is 14.3 Å². The Morgan fingerprint density at radius 3 is 2.62 bits per heavy atom. The molecule has 0 aliphatic rings. The Morgan fingerprint density at radius 2 is 2.12 bits per heavy atom. The number of hydrogen-bond donors (Lipinski definition) is 1. The number of H-pyrrole nitrogens is 1. The summed E-state index contributed by atoms with van der Waals surface area (Å²) >= 11 is 0. The summed E-state index contributed by atoms with van der Waals surface area (Å²) < 4.78 is 4.98. The third-order valence-electron chi connectivity index (χ3n) is 2.42. The van der Waals surface area contributed by atoms with Crippen molar-refractivity contribution in [3.63, 3.8) is 0 Å². The van der Waals surface area contributed by atoms with Crippen molar-refractivity contribution in [1.29, 1.82) is 0 Å². The van der Waals surface area contributed by atoms with E-state index in [0.717, 1.165) is 18.3 Å². The number of ether oxygens (including phenoxy) is 1. The van der Waals surface area contributed by atoms with E-state index in [1.807, 2.05) is 6.92 Å². The highest BCUT2D eigenvalue weighted by atomic mass is 16.5. The highest BCUT2D eigenvalue weighted by Gasteiger charge is 2.20. The maximum atomic E-state index is 11.7. The lowest BCUT2D eigenvalue weighted by Crippen LogP contribution is -2.08. The van der Waals surface area contributed by atoms with E-state index in [1.54, 1.807) is 13.8 Å². The second-order valence-corrected chi connectivity index (χ2v) is 3.61. The summed E-state index contributed by atoms with van der Waals surface area (Å²) in [4.78, 5) is 25.5. The van der Waals surface area contributed by atoms with Crippen LogP contribution < -0.4 is 0 Å². The zero-order valence-electron chi connectivity index (χ0n) is 9.92. The van der Waals surface area contributed by atoms with E-state index in [-0.39, 0.29) is 5.97 Å². The van der Waals surface area contributed by atoms with Gasteiger partial charge >= 0.3 is 5.97 Å². The SMILES string of the molecule is CCCc1c(C=O)[nH]c(C)c1C(=O)OCC. The molecule has 0 spiro atoms. The van der Waals surface area contributed by atoms with E-state index in [9.17, 15) is 9.59 Å². The van der Waals surface area contributed by atoms with Crippen LogP contribution in [0.15, 0.2) is 0 Å². The molecule has 1 aromatic heterocycles. The average Bonchev–Trinajstić information content (AvgIpc) is 2.56. The van der Waals surface area contributed by atoms with Gasteiger partial charge in [-0.1, -0.05) is 13.3 Å². The van der Waals surface area contributed by atoms with Crippen molar-refractivity contribution in [3.8, 4) is 0 Å². The molecule has 1 N–H and O–H groups in total. The lowest BCUT2D eigenvalue weighted by molar-refractivity contribution is 0.0524. The minimum Gasteiger partial charge on any atom is -0.462 e. The van der Waals surface area contributed by atoms with Gasteiger partial charge in [-0.25, -0.2) is 4.79 Å². The molecule has 0 aromatic carbocycles. The van der Waals surface area contributed by atoms with E-state index >= 15 is 0 Å². The molecule has 0 unspecified atom stereocenters. The zero-order valence-corrected chi connectivity index (χ0v) is 9.92. The Balaban J connectivity index is 3.18. The van der Waals surface area contributed by atoms with Gasteiger partial charge in [0.05, 0.1) is 17.9 Å². The van der Waals surface area contributed by atoms with Crippen LogP contribution in [0.2, 0.25) is 0 Å². The molecule has 4 nitrogen and oxygen atoms in total. The molecule has 1 heterocycles. The first-order chi connectivity index (χ1) is 7.65. The van der Waals surface area contributed by atoms with Gasteiger partial charge in [0, 0.05) is 5.69 Å². The lowest BCUT2D eigenvalue weighted by Gasteiger charge is -2.04. The Bertz CT molecular complexity index is 393. The zero-order chi connectivity index (χ0) is 12.1. The van der Waals surface area contributed by atoms with Crippen LogP contribution in [-0.2, 0) is 11.2 Å². The van der Waals surface area contributed by atoms with Crippen LogP contribution in [0.5, 0.6) is 0 Å². The summed E-state index contributed by atoms with van der Waals surface area (Å²) in [6, 6.07) is 0. The first-order valence-corrected chi connectivity index (χ1v) is 5.49. The summed E-state index contributed by atoms with van der Waals surface area (Å²) in [5.41, 5.74) is 2.48. The molecular weight excluding hydrogens is 206 g/mol. The third-order valence-corrected chi connectivity index (χ3v) is 2.42. The molecule has 1 aromatic rings. The minimum atomic E-state index is -0.354. The fourth-order valence-electron chi connectivity index (χ4n) is 1.79. The molecule has 0 aliphatic heterocycles.